The first-order valence-electron chi connectivity index (χ1n) is 5.63. The van der Waals surface area contributed by atoms with Crippen LogP contribution in [0.1, 0.15) is 25.5 Å². The van der Waals surface area contributed by atoms with E-state index in [0.717, 1.165) is 17.2 Å². The van der Waals surface area contributed by atoms with E-state index in [2.05, 4.69) is 10.3 Å². The highest BCUT2D eigenvalue weighted by Crippen LogP contribution is 2.20. The Morgan fingerprint density at radius 1 is 1.59 bits per heavy atom. The van der Waals surface area contributed by atoms with E-state index in [9.17, 15) is 9.59 Å². The van der Waals surface area contributed by atoms with Crippen LogP contribution >= 0.6 is 11.3 Å². The van der Waals surface area contributed by atoms with Gasteiger partial charge in [0.05, 0.1) is 5.69 Å². The van der Waals surface area contributed by atoms with Crippen molar-refractivity contribution in [1.29, 1.82) is 0 Å². The molecule has 0 saturated carbocycles. The van der Waals surface area contributed by atoms with Crippen molar-refractivity contribution in [2.45, 2.75) is 32.2 Å². The molecule has 17 heavy (non-hydrogen) atoms. The molecule has 2 heterocycles. The Morgan fingerprint density at radius 3 is 3.00 bits per heavy atom. The lowest BCUT2D eigenvalue weighted by Gasteiger charge is -2.27. The number of rotatable bonds is 3. The van der Waals surface area contributed by atoms with Gasteiger partial charge in [-0.3, -0.25) is 14.5 Å². The SMILES string of the molecule is CCc1csc(NC2CCC(=O)N(C)C2=O)n1. The first-order chi connectivity index (χ1) is 8.11. The third-order valence-corrected chi connectivity index (χ3v) is 3.68. The summed E-state index contributed by atoms with van der Waals surface area (Å²) in [6.07, 6.45) is 1.84. The molecule has 6 heteroatoms. The van der Waals surface area contributed by atoms with Crippen molar-refractivity contribution < 1.29 is 9.59 Å². The zero-order chi connectivity index (χ0) is 12.4. The number of imide groups is 1. The lowest BCUT2D eigenvalue weighted by Crippen LogP contribution is -2.48. The summed E-state index contributed by atoms with van der Waals surface area (Å²) in [5.74, 6) is -0.282. The number of piperidine rings is 1. The number of carbonyl (C=O) groups excluding carboxylic acids is 2. The second kappa shape index (κ2) is 4.83. The molecule has 0 radical (unpaired) electrons. The first kappa shape index (κ1) is 12.0. The molecule has 1 aliphatic rings. The number of aromatic nitrogens is 1. The Labute approximate surface area is 104 Å². The van der Waals surface area contributed by atoms with Gasteiger partial charge in [-0.25, -0.2) is 4.98 Å². The molecule has 1 aromatic rings. The Bertz CT molecular complexity index is 444. The number of hydrogen-bond donors (Lipinski definition) is 1. The van der Waals surface area contributed by atoms with Crippen molar-refractivity contribution in [3.63, 3.8) is 0 Å². The molecule has 1 aromatic heterocycles. The summed E-state index contributed by atoms with van der Waals surface area (Å²) in [7, 11) is 1.53. The van der Waals surface area contributed by atoms with Crippen LogP contribution in [0.25, 0.3) is 0 Å². The van der Waals surface area contributed by atoms with Gasteiger partial charge >= 0.3 is 0 Å². The Kier molecular flexibility index (Phi) is 3.42. The Hall–Kier alpha value is -1.43. The van der Waals surface area contributed by atoms with Gasteiger partial charge in [-0.05, 0) is 12.8 Å². The average Bonchev–Trinajstić information content (AvgIpc) is 2.78. The van der Waals surface area contributed by atoms with Gasteiger partial charge in [0.15, 0.2) is 5.13 Å². The minimum atomic E-state index is -0.325. The largest absolute Gasteiger partial charge is 0.350 e. The molecular weight excluding hydrogens is 238 g/mol. The third-order valence-electron chi connectivity index (χ3n) is 2.86. The lowest BCUT2D eigenvalue weighted by molar-refractivity contribution is -0.146. The monoisotopic (exact) mass is 253 g/mol. The van der Waals surface area contributed by atoms with Crippen LogP contribution in [0, 0.1) is 0 Å². The molecule has 0 aromatic carbocycles. The fourth-order valence-corrected chi connectivity index (χ4v) is 2.58. The number of likely N-dealkylation sites (tertiary alicyclic amines) is 1. The number of likely N-dealkylation sites (N-methyl/N-ethyl adjacent to an activating group) is 1. The van der Waals surface area contributed by atoms with Crippen LogP contribution in [-0.2, 0) is 16.0 Å². The standard InChI is InChI=1S/C11H15N3O2S/c1-3-7-6-17-11(12-7)13-8-4-5-9(15)14(2)10(8)16/h6,8H,3-5H2,1-2H3,(H,12,13). The number of amides is 2. The summed E-state index contributed by atoms with van der Waals surface area (Å²) >= 11 is 1.49. The number of hydrogen-bond acceptors (Lipinski definition) is 5. The maximum atomic E-state index is 11.8. The van der Waals surface area contributed by atoms with Crippen molar-refractivity contribution in [3.8, 4) is 0 Å². The molecule has 1 N–H and O–H groups in total. The predicted molar refractivity (Wildman–Crippen MR) is 65.9 cm³/mol. The average molecular weight is 253 g/mol. The molecule has 1 saturated heterocycles. The fraction of sp³-hybridized carbons (Fsp3) is 0.545. The molecule has 1 atom stereocenters. The highest BCUT2D eigenvalue weighted by atomic mass is 32.1. The smallest absolute Gasteiger partial charge is 0.251 e. The van der Waals surface area contributed by atoms with Crippen molar-refractivity contribution in [3.05, 3.63) is 11.1 Å². The molecular formula is C11H15N3O2S. The minimum Gasteiger partial charge on any atom is -0.350 e. The van der Waals surface area contributed by atoms with Crippen LogP contribution in [0.3, 0.4) is 0 Å². The predicted octanol–water partition coefficient (Wildman–Crippen LogP) is 1.26. The fourth-order valence-electron chi connectivity index (χ4n) is 1.73. The van der Waals surface area contributed by atoms with E-state index in [-0.39, 0.29) is 17.9 Å². The van der Waals surface area contributed by atoms with Gasteiger partial charge in [0.1, 0.15) is 6.04 Å². The molecule has 2 rings (SSSR count). The third kappa shape index (κ3) is 2.46. The van der Waals surface area contributed by atoms with Crippen LogP contribution in [-0.4, -0.2) is 34.8 Å². The van der Waals surface area contributed by atoms with Gasteiger partial charge in [0.2, 0.25) is 5.91 Å². The summed E-state index contributed by atoms with van der Waals surface area (Å²) in [4.78, 5) is 28.7. The Balaban J connectivity index is 2.04. The van der Waals surface area contributed by atoms with E-state index < -0.39 is 0 Å². The van der Waals surface area contributed by atoms with E-state index in [1.54, 1.807) is 0 Å². The van der Waals surface area contributed by atoms with E-state index in [1.165, 1.54) is 23.3 Å². The summed E-state index contributed by atoms with van der Waals surface area (Å²) < 4.78 is 0. The lowest BCUT2D eigenvalue weighted by atomic mass is 10.1. The van der Waals surface area contributed by atoms with Gasteiger partial charge < -0.3 is 5.32 Å². The molecule has 0 aliphatic carbocycles. The number of anilines is 1. The van der Waals surface area contributed by atoms with Crippen LogP contribution in [0.5, 0.6) is 0 Å². The van der Waals surface area contributed by atoms with Crippen LogP contribution in [0.4, 0.5) is 5.13 Å². The van der Waals surface area contributed by atoms with Crippen LogP contribution < -0.4 is 5.32 Å². The highest BCUT2D eigenvalue weighted by molar-refractivity contribution is 7.13. The molecule has 1 unspecified atom stereocenters. The second-order valence-corrected chi connectivity index (χ2v) is 4.88. The van der Waals surface area contributed by atoms with E-state index >= 15 is 0 Å². The number of nitrogens with zero attached hydrogens (tertiary/aromatic N) is 2. The van der Waals surface area contributed by atoms with Gasteiger partial charge in [0, 0.05) is 18.8 Å². The van der Waals surface area contributed by atoms with E-state index in [0.29, 0.717) is 12.8 Å². The maximum Gasteiger partial charge on any atom is 0.251 e. The molecule has 92 valence electrons. The van der Waals surface area contributed by atoms with Crippen molar-refractivity contribution in [2.75, 3.05) is 12.4 Å². The summed E-state index contributed by atoms with van der Waals surface area (Å²) in [6.45, 7) is 2.04. The molecule has 1 aliphatic heterocycles. The van der Waals surface area contributed by atoms with Crippen LogP contribution in [0.2, 0.25) is 0 Å². The maximum absolute atomic E-state index is 11.8. The van der Waals surface area contributed by atoms with E-state index in [4.69, 9.17) is 0 Å². The van der Waals surface area contributed by atoms with Crippen LogP contribution in [0.15, 0.2) is 5.38 Å². The molecule has 0 bridgehead atoms. The molecule has 5 nitrogen and oxygen atoms in total. The van der Waals surface area contributed by atoms with Crippen molar-refractivity contribution in [1.82, 2.24) is 9.88 Å². The number of carbonyl (C=O) groups is 2. The highest BCUT2D eigenvalue weighted by Gasteiger charge is 2.31. The molecule has 1 fully saturated rings. The summed E-state index contributed by atoms with van der Waals surface area (Å²) in [6, 6.07) is -0.325. The zero-order valence-corrected chi connectivity index (χ0v) is 10.7. The topological polar surface area (TPSA) is 62.3 Å². The summed E-state index contributed by atoms with van der Waals surface area (Å²) in [5.41, 5.74) is 1.02. The number of aryl methyl sites for hydroxylation is 1. The quantitative estimate of drug-likeness (QED) is 0.824. The van der Waals surface area contributed by atoms with Gasteiger partial charge in [-0.2, -0.15) is 0 Å². The van der Waals surface area contributed by atoms with Gasteiger partial charge in [-0.1, -0.05) is 6.92 Å². The van der Waals surface area contributed by atoms with Crippen molar-refractivity contribution in [2.24, 2.45) is 0 Å². The number of thiazole rings is 1. The van der Waals surface area contributed by atoms with E-state index in [1.807, 2.05) is 12.3 Å². The normalized spacial score (nSPS) is 20.8. The number of nitrogens with one attached hydrogen (secondary N) is 1. The van der Waals surface area contributed by atoms with Gasteiger partial charge in [0.25, 0.3) is 5.91 Å². The van der Waals surface area contributed by atoms with Crippen molar-refractivity contribution >= 4 is 28.3 Å². The first-order valence-corrected chi connectivity index (χ1v) is 6.51. The minimum absolute atomic E-state index is 0.110. The second-order valence-electron chi connectivity index (χ2n) is 4.02. The molecule has 2 amide bonds. The van der Waals surface area contributed by atoms with Gasteiger partial charge in [-0.15, -0.1) is 11.3 Å². The Morgan fingerprint density at radius 2 is 2.35 bits per heavy atom. The zero-order valence-electron chi connectivity index (χ0n) is 9.90. The summed E-state index contributed by atoms with van der Waals surface area (Å²) in [5, 5.41) is 5.83. The molecule has 0 spiro atoms.